The van der Waals surface area contributed by atoms with Gasteiger partial charge in [-0.15, -0.1) is 5.10 Å². The average molecular weight is 348 g/mol. The Morgan fingerprint density at radius 3 is 2.64 bits per heavy atom. The maximum atomic E-state index is 12.9. The number of alkyl halides is 3. The van der Waals surface area contributed by atoms with Crippen LogP contribution in [-0.4, -0.2) is 15.2 Å². The first-order valence-electron chi connectivity index (χ1n) is 7.55. The van der Waals surface area contributed by atoms with Crippen molar-refractivity contribution in [1.82, 2.24) is 15.2 Å². The maximum Gasteiger partial charge on any atom is 0.416 e. The highest BCUT2D eigenvalue weighted by atomic mass is 19.4. The van der Waals surface area contributed by atoms with Crippen molar-refractivity contribution in [3.8, 4) is 0 Å². The lowest BCUT2D eigenvalue weighted by atomic mass is 10.0. The molecule has 2 aromatic heterocycles. The zero-order valence-corrected chi connectivity index (χ0v) is 13.5. The number of nitrogens with one attached hydrogen (secondary N) is 2. The van der Waals surface area contributed by atoms with E-state index in [1.165, 1.54) is 18.3 Å². The first-order chi connectivity index (χ1) is 11.8. The minimum atomic E-state index is -4.40. The van der Waals surface area contributed by atoms with Crippen molar-refractivity contribution < 1.29 is 13.2 Å². The van der Waals surface area contributed by atoms with Crippen LogP contribution in [0.15, 0.2) is 41.3 Å². The fourth-order valence-corrected chi connectivity index (χ4v) is 2.58. The Morgan fingerprint density at radius 2 is 1.92 bits per heavy atom. The Morgan fingerprint density at radius 1 is 1.16 bits per heavy atom. The highest BCUT2D eigenvalue weighted by molar-refractivity contribution is 5.92. The van der Waals surface area contributed by atoms with Crippen LogP contribution in [0.3, 0.4) is 0 Å². The smallest absolute Gasteiger partial charge is 0.361 e. The molecule has 0 saturated carbocycles. The van der Waals surface area contributed by atoms with Crippen LogP contribution in [0.4, 0.5) is 19.0 Å². The van der Waals surface area contributed by atoms with Gasteiger partial charge in [-0.2, -0.15) is 18.3 Å². The van der Waals surface area contributed by atoms with Gasteiger partial charge in [-0.05, 0) is 31.5 Å². The molecule has 0 aliphatic heterocycles. The Kier molecular flexibility index (Phi) is 4.20. The summed E-state index contributed by atoms with van der Waals surface area (Å²) in [4.78, 5) is 14.1. The molecule has 0 bridgehead atoms. The second kappa shape index (κ2) is 6.19. The molecule has 5 nitrogen and oxygen atoms in total. The molecular weight excluding hydrogens is 333 g/mol. The molecule has 0 spiro atoms. The molecule has 1 atom stereocenters. The molecule has 130 valence electrons. The van der Waals surface area contributed by atoms with Crippen LogP contribution in [0.25, 0.3) is 10.8 Å². The third kappa shape index (κ3) is 3.47. The lowest BCUT2D eigenvalue weighted by Crippen LogP contribution is -2.12. The Balaban J connectivity index is 1.97. The predicted octanol–water partition coefficient (Wildman–Crippen LogP) is 3.82. The quantitative estimate of drug-likeness (QED) is 0.755. The van der Waals surface area contributed by atoms with E-state index in [0.717, 1.165) is 12.1 Å². The van der Waals surface area contributed by atoms with Crippen LogP contribution in [-0.2, 0) is 6.18 Å². The number of aryl methyl sites for hydroxylation is 1. The Hall–Kier alpha value is -2.90. The number of benzene rings is 1. The largest absolute Gasteiger partial charge is 0.416 e. The highest BCUT2D eigenvalue weighted by Crippen LogP contribution is 2.31. The number of nitrogens with zero attached hydrogens (tertiary/aromatic N) is 2. The van der Waals surface area contributed by atoms with E-state index in [0.29, 0.717) is 27.8 Å². The monoisotopic (exact) mass is 348 g/mol. The molecule has 2 N–H and O–H groups in total. The molecule has 0 aliphatic carbocycles. The van der Waals surface area contributed by atoms with Crippen molar-refractivity contribution in [1.29, 1.82) is 0 Å². The average Bonchev–Trinajstić information content (AvgIpc) is 2.57. The van der Waals surface area contributed by atoms with Crippen LogP contribution in [0, 0.1) is 6.92 Å². The number of halogens is 3. The third-order valence-electron chi connectivity index (χ3n) is 3.94. The van der Waals surface area contributed by atoms with Crippen molar-refractivity contribution >= 4 is 16.6 Å². The number of fused-ring (bicyclic) bond motifs is 1. The molecule has 0 saturated heterocycles. The van der Waals surface area contributed by atoms with Gasteiger partial charge in [-0.3, -0.25) is 4.79 Å². The summed E-state index contributed by atoms with van der Waals surface area (Å²) in [5, 5.41) is 12.4. The van der Waals surface area contributed by atoms with E-state index in [1.807, 2.05) is 0 Å². The minimum Gasteiger partial charge on any atom is -0.361 e. The van der Waals surface area contributed by atoms with Crippen LogP contribution < -0.4 is 10.9 Å². The molecule has 1 aromatic carbocycles. The van der Waals surface area contributed by atoms with E-state index in [-0.39, 0.29) is 5.56 Å². The van der Waals surface area contributed by atoms with Gasteiger partial charge in [0.15, 0.2) is 5.82 Å². The summed E-state index contributed by atoms with van der Waals surface area (Å²) in [7, 11) is 0. The molecule has 2 heterocycles. The number of rotatable bonds is 3. The number of H-pyrrole nitrogens is 1. The molecule has 3 rings (SSSR count). The fraction of sp³-hybridized carbons (Fsp3) is 0.235. The SMILES string of the molecule is Cc1nnc(N[C@H](C)c2cccc(C(F)(F)F)c2)c2c[nH]c(=O)cc12. The molecule has 25 heavy (non-hydrogen) atoms. The normalized spacial score (nSPS) is 13.0. The van der Waals surface area contributed by atoms with Crippen LogP contribution in [0.5, 0.6) is 0 Å². The summed E-state index contributed by atoms with van der Waals surface area (Å²) < 4.78 is 38.6. The van der Waals surface area contributed by atoms with E-state index < -0.39 is 17.8 Å². The van der Waals surface area contributed by atoms with Gasteiger partial charge in [0.1, 0.15) is 0 Å². The first-order valence-corrected chi connectivity index (χ1v) is 7.55. The van der Waals surface area contributed by atoms with Gasteiger partial charge >= 0.3 is 6.18 Å². The van der Waals surface area contributed by atoms with Crippen molar-refractivity contribution in [3.05, 3.63) is 63.7 Å². The molecule has 0 radical (unpaired) electrons. The van der Waals surface area contributed by atoms with E-state index in [4.69, 9.17) is 0 Å². The Labute approximate surface area is 140 Å². The standard InChI is InChI=1S/C17H15F3N4O/c1-9(11-4-3-5-12(6-11)17(18,19)20)22-16-14-8-21-15(25)7-13(14)10(2)23-24-16/h3-9H,1-2H3,(H,21,25)(H,22,24)/t9-/m1/s1. The van der Waals surface area contributed by atoms with Gasteiger partial charge in [-0.1, -0.05) is 12.1 Å². The number of aromatic amines is 1. The molecule has 3 aromatic rings. The van der Waals surface area contributed by atoms with Crippen molar-refractivity contribution in [3.63, 3.8) is 0 Å². The third-order valence-corrected chi connectivity index (χ3v) is 3.94. The molecule has 0 aliphatic rings. The van der Waals surface area contributed by atoms with Gasteiger partial charge in [0.25, 0.3) is 0 Å². The van der Waals surface area contributed by atoms with Gasteiger partial charge < -0.3 is 10.3 Å². The van der Waals surface area contributed by atoms with Gasteiger partial charge in [0, 0.05) is 23.0 Å². The van der Waals surface area contributed by atoms with E-state index >= 15 is 0 Å². The zero-order chi connectivity index (χ0) is 18.2. The number of anilines is 1. The van der Waals surface area contributed by atoms with Crippen LogP contribution >= 0.6 is 0 Å². The molecule has 0 fully saturated rings. The number of aromatic nitrogens is 3. The van der Waals surface area contributed by atoms with E-state index in [9.17, 15) is 18.0 Å². The maximum absolute atomic E-state index is 12.9. The van der Waals surface area contributed by atoms with Crippen LogP contribution in [0.1, 0.15) is 29.8 Å². The van der Waals surface area contributed by atoms with Crippen molar-refractivity contribution in [2.45, 2.75) is 26.1 Å². The molecule has 0 unspecified atom stereocenters. The number of hydrogen-bond donors (Lipinski definition) is 2. The lowest BCUT2D eigenvalue weighted by molar-refractivity contribution is -0.137. The summed E-state index contributed by atoms with van der Waals surface area (Å²) in [6, 6.07) is 6.09. The van der Waals surface area contributed by atoms with Gasteiger partial charge in [0.2, 0.25) is 5.56 Å². The lowest BCUT2D eigenvalue weighted by Gasteiger charge is -2.17. The van der Waals surface area contributed by atoms with E-state index in [1.54, 1.807) is 19.9 Å². The summed E-state index contributed by atoms with van der Waals surface area (Å²) in [5.74, 6) is 0.391. The molecule has 8 heteroatoms. The second-order valence-corrected chi connectivity index (χ2v) is 5.75. The summed E-state index contributed by atoms with van der Waals surface area (Å²) >= 11 is 0. The van der Waals surface area contributed by atoms with E-state index in [2.05, 4.69) is 20.5 Å². The summed E-state index contributed by atoms with van der Waals surface area (Å²) in [6.45, 7) is 3.46. The fourth-order valence-electron chi connectivity index (χ4n) is 2.58. The highest BCUT2D eigenvalue weighted by Gasteiger charge is 2.30. The summed E-state index contributed by atoms with van der Waals surface area (Å²) in [5.41, 5.74) is 0.0939. The summed E-state index contributed by atoms with van der Waals surface area (Å²) in [6.07, 6.45) is -2.88. The molecular formula is C17H15F3N4O. The van der Waals surface area contributed by atoms with Gasteiger partial charge in [0.05, 0.1) is 17.3 Å². The Bertz CT molecular complexity index is 982. The van der Waals surface area contributed by atoms with Gasteiger partial charge in [-0.25, -0.2) is 0 Å². The number of pyridine rings is 1. The molecule has 0 amide bonds. The topological polar surface area (TPSA) is 70.7 Å². The van der Waals surface area contributed by atoms with Crippen molar-refractivity contribution in [2.75, 3.05) is 5.32 Å². The predicted molar refractivity (Wildman–Crippen MR) is 88.4 cm³/mol. The first kappa shape index (κ1) is 16.9. The van der Waals surface area contributed by atoms with Crippen molar-refractivity contribution in [2.24, 2.45) is 0 Å². The number of hydrogen-bond acceptors (Lipinski definition) is 4. The second-order valence-electron chi connectivity index (χ2n) is 5.75. The minimum absolute atomic E-state index is 0.263. The van der Waals surface area contributed by atoms with Crippen LogP contribution in [0.2, 0.25) is 0 Å². The zero-order valence-electron chi connectivity index (χ0n) is 13.5.